The third kappa shape index (κ3) is 4.17. The van der Waals surface area contributed by atoms with Crippen LogP contribution in [-0.4, -0.2) is 35.8 Å². The van der Waals surface area contributed by atoms with Crippen molar-refractivity contribution in [1.29, 1.82) is 0 Å². The molecule has 0 bridgehead atoms. The number of hydrogen-bond donors (Lipinski definition) is 0. The first-order valence-electron chi connectivity index (χ1n) is 10.2. The predicted molar refractivity (Wildman–Crippen MR) is 108 cm³/mol. The number of carbonyl (C=O) groups excluding carboxylic acids is 2. The number of benzene rings is 2. The van der Waals surface area contributed by atoms with Gasteiger partial charge in [0.05, 0.1) is 12.6 Å². The van der Waals surface area contributed by atoms with E-state index in [0.717, 1.165) is 24.0 Å². The van der Waals surface area contributed by atoms with Gasteiger partial charge in [0.25, 0.3) is 0 Å². The van der Waals surface area contributed by atoms with Crippen molar-refractivity contribution in [2.75, 3.05) is 13.1 Å². The molecule has 4 rings (SSSR count). The van der Waals surface area contributed by atoms with Gasteiger partial charge in [-0.05, 0) is 48.9 Å². The van der Waals surface area contributed by atoms with Crippen LogP contribution in [0.2, 0.25) is 0 Å². The van der Waals surface area contributed by atoms with Gasteiger partial charge in [0.15, 0.2) is 5.78 Å². The van der Waals surface area contributed by atoms with Gasteiger partial charge in [-0.25, -0.2) is 0 Å². The molecule has 1 aliphatic carbocycles. The number of ether oxygens (including phenoxy) is 1. The highest BCUT2D eigenvalue weighted by atomic mass is 16.5. The summed E-state index contributed by atoms with van der Waals surface area (Å²) in [5, 5.41) is 0. The minimum Gasteiger partial charge on any atom is -0.367 e. The zero-order chi connectivity index (χ0) is 19.5. The van der Waals surface area contributed by atoms with E-state index in [1.165, 1.54) is 17.5 Å². The lowest BCUT2D eigenvalue weighted by atomic mass is 10.0. The number of aryl methyl sites for hydroxylation is 2. The molecule has 1 aliphatic heterocycles. The summed E-state index contributed by atoms with van der Waals surface area (Å²) >= 11 is 0. The summed E-state index contributed by atoms with van der Waals surface area (Å²) in [6, 6.07) is 16.0. The van der Waals surface area contributed by atoms with E-state index >= 15 is 0 Å². The molecule has 0 radical (unpaired) electrons. The summed E-state index contributed by atoms with van der Waals surface area (Å²) in [4.78, 5) is 27.2. The molecule has 2 aliphatic rings. The van der Waals surface area contributed by atoms with Crippen molar-refractivity contribution in [3.63, 3.8) is 0 Å². The van der Waals surface area contributed by atoms with Crippen LogP contribution >= 0.6 is 0 Å². The minimum absolute atomic E-state index is 0.0182. The van der Waals surface area contributed by atoms with Crippen LogP contribution in [0.25, 0.3) is 0 Å². The zero-order valence-electron chi connectivity index (χ0n) is 16.4. The van der Waals surface area contributed by atoms with Gasteiger partial charge in [-0.2, -0.15) is 0 Å². The molecule has 4 nitrogen and oxygen atoms in total. The molecule has 1 amide bonds. The standard InChI is InChI=1S/C24H27NO3/c1-17-15-25(16-23(28-17)19-6-3-2-4-7-19)24(27)13-12-22(26)21-11-10-18-8-5-9-20(18)14-21/h2-4,6-7,10-11,14,17,23H,5,8-9,12-13,15-16H2,1H3. The molecule has 1 fully saturated rings. The topological polar surface area (TPSA) is 46.6 Å². The first-order chi connectivity index (χ1) is 13.6. The van der Waals surface area contributed by atoms with Gasteiger partial charge in [-0.15, -0.1) is 0 Å². The van der Waals surface area contributed by atoms with Crippen LogP contribution < -0.4 is 0 Å². The van der Waals surface area contributed by atoms with E-state index in [2.05, 4.69) is 6.07 Å². The van der Waals surface area contributed by atoms with Crippen LogP contribution in [0.1, 0.15) is 59.3 Å². The highest BCUT2D eigenvalue weighted by molar-refractivity contribution is 5.98. The van der Waals surface area contributed by atoms with Crippen molar-refractivity contribution in [1.82, 2.24) is 4.90 Å². The molecule has 1 heterocycles. The number of rotatable bonds is 5. The normalized spacial score (nSPS) is 21.4. The van der Waals surface area contributed by atoms with Gasteiger partial charge >= 0.3 is 0 Å². The van der Waals surface area contributed by atoms with E-state index < -0.39 is 0 Å². The Morgan fingerprint density at radius 1 is 1.00 bits per heavy atom. The summed E-state index contributed by atoms with van der Waals surface area (Å²) in [7, 11) is 0. The molecule has 2 atom stereocenters. The monoisotopic (exact) mass is 377 g/mol. The molecular formula is C24H27NO3. The fourth-order valence-electron chi connectivity index (χ4n) is 4.28. The van der Waals surface area contributed by atoms with Gasteiger partial charge in [-0.1, -0.05) is 42.5 Å². The van der Waals surface area contributed by atoms with E-state index in [4.69, 9.17) is 4.74 Å². The summed E-state index contributed by atoms with van der Waals surface area (Å²) in [6.07, 6.45) is 3.73. The SMILES string of the molecule is CC1CN(C(=O)CCC(=O)c2ccc3c(c2)CCC3)CC(c2ccccc2)O1. The Labute approximate surface area is 166 Å². The maximum absolute atomic E-state index is 12.8. The lowest BCUT2D eigenvalue weighted by molar-refractivity contribution is -0.144. The third-order valence-corrected chi connectivity index (χ3v) is 5.77. The van der Waals surface area contributed by atoms with Gasteiger partial charge in [0.1, 0.15) is 6.10 Å². The largest absolute Gasteiger partial charge is 0.367 e. The first-order valence-corrected chi connectivity index (χ1v) is 10.2. The number of fused-ring (bicyclic) bond motifs is 1. The van der Waals surface area contributed by atoms with Crippen molar-refractivity contribution in [2.24, 2.45) is 0 Å². The molecule has 0 aromatic heterocycles. The van der Waals surface area contributed by atoms with E-state index in [1.807, 2.05) is 54.3 Å². The van der Waals surface area contributed by atoms with E-state index in [0.29, 0.717) is 13.1 Å². The van der Waals surface area contributed by atoms with Crippen molar-refractivity contribution in [3.8, 4) is 0 Å². The highest BCUT2D eigenvalue weighted by Crippen LogP contribution is 2.26. The second-order valence-corrected chi connectivity index (χ2v) is 7.90. The summed E-state index contributed by atoms with van der Waals surface area (Å²) in [5.41, 5.74) is 4.48. The average Bonchev–Trinajstić information content (AvgIpc) is 3.19. The smallest absolute Gasteiger partial charge is 0.223 e. The molecule has 2 aromatic carbocycles. The summed E-state index contributed by atoms with van der Waals surface area (Å²) in [5.74, 6) is 0.0922. The molecule has 2 unspecified atom stereocenters. The third-order valence-electron chi connectivity index (χ3n) is 5.77. The Morgan fingerprint density at radius 3 is 2.61 bits per heavy atom. The highest BCUT2D eigenvalue weighted by Gasteiger charge is 2.29. The average molecular weight is 377 g/mol. The molecule has 4 heteroatoms. The quantitative estimate of drug-likeness (QED) is 0.736. The Hall–Kier alpha value is -2.46. The van der Waals surface area contributed by atoms with Crippen LogP contribution in [0.3, 0.4) is 0 Å². The fourth-order valence-corrected chi connectivity index (χ4v) is 4.28. The molecule has 2 aromatic rings. The van der Waals surface area contributed by atoms with Crippen molar-refractivity contribution < 1.29 is 14.3 Å². The lowest BCUT2D eigenvalue weighted by Gasteiger charge is -2.37. The number of morpholine rings is 1. The minimum atomic E-state index is -0.110. The molecular weight excluding hydrogens is 350 g/mol. The Kier molecular flexibility index (Phi) is 5.58. The maximum Gasteiger partial charge on any atom is 0.223 e. The number of ketones is 1. The van der Waals surface area contributed by atoms with Crippen LogP contribution in [0.4, 0.5) is 0 Å². The second-order valence-electron chi connectivity index (χ2n) is 7.90. The van der Waals surface area contributed by atoms with Crippen molar-refractivity contribution in [2.45, 2.75) is 51.2 Å². The Morgan fingerprint density at radius 2 is 1.79 bits per heavy atom. The summed E-state index contributed by atoms with van der Waals surface area (Å²) in [6.45, 7) is 3.11. The Bertz CT molecular complexity index is 861. The molecule has 0 N–H and O–H groups in total. The lowest BCUT2D eigenvalue weighted by Crippen LogP contribution is -2.46. The van der Waals surface area contributed by atoms with Crippen LogP contribution in [-0.2, 0) is 22.4 Å². The van der Waals surface area contributed by atoms with Crippen molar-refractivity contribution in [3.05, 3.63) is 70.8 Å². The number of amides is 1. The molecule has 0 saturated carbocycles. The number of carbonyl (C=O) groups is 2. The number of nitrogens with zero attached hydrogens (tertiary/aromatic N) is 1. The van der Waals surface area contributed by atoms with Crippen LogP contribution in [0.15, 0.2) is 48.5 Å². The number of Topliss-reactive ketones (excluding diaryl/α,β-unsaturated/α-hetero) is 1. The molecule has 1 saturated heterocycles. The van der Waals surface area contributed by atoms with Gasteiger partial charge in [0, 0.05) is 24.9 Å². The van der Waals surface area contributed by atoms with Gasteiger partial charge in [-0.3, -0.25) is 9.59 Å². The molecule has 0 spiro atoms. The fraction of sp³-hybridized carbons (Fsp3) is 0.417. The molecule has 146 valence electrons. The predicted octanol–water partition coefficient (Wildman–Crippen LogP) is 4.13. The summed E-state index contributed by atoms with van der Waals surface area (Å²) < 4.78 is 6.03. The van der Waals surface area contributed by atoms with E-state index in [1.54, 1.807) is 0 Å². The molecule has 28 heavy (non-hydrogen) atoms. The zero-order valence-corrected chi connectivity index (χ0v) is 16.4. The maximum atomic E-state index is 12.8. The van der Waals surface area contributed by atoms with Crippen molar-refractivity contribution >= 4 is 11.7 Å². The van der Waals surface area contributed by atoms with E-state index in [9.17, 15) is 9.59 Å². The first kappa shape index (κ1) is 18.9. The van der Waals surface area contributed by atoms with Gasteiger partial charge in [0.2, 0.25) is 5.91 Å². The van der Waals surface area contributed by atoms with E-state index in [-0.39, 0.29) is 36.7 Å². The second kappa shape index (κ2) is 8.27. The van der Waals surface area contributed by atoms with Crippen LogP contribution in [0.5, 0.6) is 0 Å². The Balaban J connectivity index is 1.35. The van der Waals surface area contributed by atoms with Gasteiger partial charge < -0.3 is 9.64 Å². The van der Waals surface area contributed by atoms with Crippen LogP contribution in [0, 0.1) is 0 Å². The number of hydrogen-bond acceptors (Lipinski definition) is 3.